The summed E-state index contributed by atoms with van der Waals surface area (Å²) in [6, 6.07) is 0. The second kappa shape index (κ2) is 4.48. The Balaban J connectivity index is 4.18. The molecular weight excluding hydrogens is 178 g/mol. The minimum atomic E-state index is -1.06. The summed E-state index contributed by atoms with van der Waals surface area (Å²) >= 11 is 5.52. The van der Waals surface area contributed by atoms with Gasteiger partial charge in [-0.3, -0.25) is 4.79 Å². The third kappa shape index (κ3) is 3.74. The van der Waals surface area contributed by atoms with Crippen molar-refractivity contribution in [2.45, 2.75) is 25.8 Å². The molecule has 0 saturated carbocycles. The van der Waals surface area contributed by atoms with Crippen molar-refractivity contribution in [3.8, 4) is 0 Å². The molecule has 3 nitrogen and oxygen atoms in total. The summed E-state index contributed by atoms with van der Waals surface area (Å²) < 4.78 is 4.74. The largest absolute Gasteiger partial charge is 0.465 e. The van der Waals surface area contributed by atoms with Crippen LogP contribution in [0.25, 0.3) is 0 Å². The third-order valence-electron chi connectivity index (χ3n) is 1.30. The van der Waals surface area contributed by atoms with Crippen LogP contribution in [0.1, 0.15) is 20.3 Å². The maximum atomic E-state index is 11.2. The fourth-order valence-electron chi connectivity index (χ4n) is 0.767. The summed E-state index contributed by atoms with van der Waals surface area (Å²) in [5.41, 5.74) is 4.57. The molecule has 0 aliphatic rings. The number of halogens is 1. The molecule has 12 heavy (non-hydrogen) atoms. The molecule has 0 bridgehead atoms. The van der Waals surface area contributed by atoms with Gasteiger partial charge in [-0.05, 0) is 13.8 Å². The summed E-state index contributed by atoms with van der Waals surface area (Å²) in [6.45, 7) is 7.07. The van der Waals surface area contributed by atoms with Crippen molar-refractivity contribution in [1.82, 2.24) is 0 Å². The zero-order valence-corrected chi connectivity index (χ0v) is 8.15. The monoisotopic (exact) mass is 191 g/mol. The maximum Gasteiger partial charge on any atom is 0.326 e. The Morgan fingerprint density at radius 2 is 2.25 bits per heavy atom. The van der Waals surface area contributed by atoms with Gasteiger partial charge in [0, 0.05) is 11.5 Å². The molecule has 0 aliphatic heterocycles. The highest BCUT2D eigenvalue weighted by Crippen LogP contribution is 2.16. The van der Waals surface area contributed by atoms with Crippen LogP contribution in [0, 0.1) is 0 Å². The van der Waals surface area contributed by atoms with Crippen LogP contribution >= 0.6 is 11.6 Å². The van der Waals surface area contributed by atoms with E-state index in [4.69, 9.17) is 22.1 Å². The van der Waals surface area contributed by atoms with Gasteiger partial charge in [-0.1, -0.05) is 18.2 Å². The lowest BCUT2D eigenvalue weighted by atomic mass is 10.00. The van der Waals surface area contributed by atoms with Crippen molar-refractivity contribution in [2.75, 3.05) is 6.61 Å². The number of esters is 1. The first kappa shape index (κ1) is 11.5. The van der Waals surface area contributed by atoms with Crippen LogP contribution in [0.5, 0.6) is 0 Å². The first-order valence-corrected chi connectivity index (χ1v) is 4.07. The van der Waals surface area contributed by atoms with Gasteiger partial charge in [-0.2, -0.15) is 0 Å². The lowest BCUT2D eigenvalue weighted by Crippen LogP contribution is -2.46. The maximum absolute atomic E-state index is 11.2. The topological polar surface area (TPSA) is 52.3 Å². The number of carbonyl (C=O) groups is 1. The number of rotatable bonds is 4. The van der Waals surface area contributed by atoms with E-state index >= 15 is 0 Å². The van der Waals surface area contributed by atoms with Crippen LogP contribution in [0.2, 0.25) is 0 Å². The molecule has 0 heterocycles. The summed E-state index contributed by atoms with van der Waals surface area (Å²) in [5, 5.41) is 0.355. The highest BCUT2D eigenvalue weighted by atomic mass is 35.5. The first-order chi connectivity index (χ1) is 5.40. The molecule has 0 aromatic carbocycles. The van der Waals surface area contributed by atoms with E-state index in [9.17, 15) is 4.79 Å². The average Bonchev–Trinajstić information content (AvgIpc) is 1.85. The summed E-state index contributed by atoms with van der Waals surface area (Å²) in [7, 11) is 0. The second-order valence-electron chi connectivity index (χ2n) is 2.83. The summed E-state index contributed by atoms with van der Waals surface area (Å²) in [5.74, 6) is -0.452. The highest BCUT2D eigenvalue weighted by Gasteiger charge is 2.30. The standard InChI is InChI=1S/C8H14ClNO2/c1-4-12-7(11)8(3,10)5-6(2)9/h2,4-5,10H2,1,3H3. The van der Waals surface area contributed by atoms with Gasteiger partial charge < -0.3 is 10.5 Å². The van der Waals surface area contributed by atoms with Crippen molar-refractivity contribution in [3.63, 3.8) is 0 Å². The predicted molar refractivity (Wildman–Crippen MR) is 48.8 cm³/mol. The van der Waals surface area contributed by atoms with Gasteiger partial charge in [0.1, 0.15) is 5.54 Å². The van der Waals surface area contributed by atoms with E-state index in [1.54, 1.807) is 13.8 Å². The SMILES string of the molecule is C=C(Cl)CC(C)(N)C(=O)OCC. The Labute approximate surface area is 77.5 Å². The summed E-state index contributed by atoms with van der Waals surface area (Å²) in [4.78, 5) is 11.2. The fourth-order valence-corrected chi connectivity index (χ4v) is 1.04. The van der Waals surface area contributed by atoms with E-state index in [1.807, 2.05) is 0 Å². The number of hydrogen-bond donors (Lipinski definition) is 1. The molecule has 0 aromatic heterocycles. The first-order valence-electron chi connectivity index (χ1n) is 3.69. The van der Waals surface area contributed by atoms with Crippen molar-refractivity contribution < 1.29 is 9.53 Å². The Bertz CT molecular complexity index is 189. The minimum Gasteiger partial charge on any atom is -0.465 e. The van der Waals surface area contributed by atoms with E-state index in [0.717, 1.165) is 0 Å². The number of hydrogen-bond acceptors (Lipinski definition) is 3. The molecule has 1 atom stereocenters. The Morgan fingerprint density at radius 3 is 2.58 bits per heavy atom. The van der Waals surface area contributed by atoms with E-state index in [1.165, 1.54) is 0 Å². The molecule has 1 unspecified atom stereocenters. The minimum absolute atomic E-state index is 0.230. The van der Waals surface area contributed by atoms with Crippen LogP contribution in [0.3, 0.4) is 0 Å². The molecule has 2 N–H and O–H groups in total. The molecule has 0 amide bonds. The van der Waals surface area contributed by atoms with Gasteiger partial charge in [0.05, 0.1) is 6.61 Å². The Kier molecular flexibility index (Phi) is 4.28. The quantitative estimate of drug-likeness (QED) is 0.684. The molecule has 0 fully saturated rings. The third-order valence-corrected chi connectivity index (χ3v) is 1.43. The smallest absolute Gasteiger partial charge is 0.326 e. The van der Waals surface area contributed by atoms with E-state index in [0.29, 0.717) is 11.6 Å². The molecule has 0 rings (SSSR count). The van der Waals surface area contributed by atoms with E-state index < -0.39 is 11.5 Å². The molecule has 4 heteroatoms. The zero-order valence-electron chi connectivity index (χ0n) is 7.39. The normalized spacial score (nSPS) is 15.0. The van der Waals surface area contributed by atoms with Crippen LogP contribution in [-0.4, -0.2) is 18.1 Å². The van der Waals surface area contributed by atoms with Crippen molar-refractivity contribution in [2.24, 2.45) is 5.73 Å². The molecule has 70 valence electrons. The van der Waals surface area contributed by atoms with Gasteiger partial charge in [0.2, 0.25) is 0 Å². The van der Waals surface area contributed by atoms with Gasteiger partial charge in [0.15, 0.2) is 0 Å². The van der Waals surface area contributed by atoms with Crippen LogP contribution in [0.4, 0.5) is 0 Å². The lowest BCUT2D eigenvalue weighted by Gasteiger charge is -2.21. The lowest BCUT2D eigenvalue weighted by molar-refractivity contribution is -0.148. The van der Waals surface area contributed by atoms with Gasteiger partial charge in [-0.15, -0.1) is 0 Å². The van der Waals surface area contributed by atoms with E-state index in [2.05, 4.69) is 6.58 Å². The summed E-state index contributed by atoms with van der Waals surface area (Å²) in [6.07, 6.45) is 0.230. The van der Waals surface area contributed by atoms with Crippen molar-refractivity contribution in [1.29, 1.82) is 0 Å². The van der Waals surface area contributed by atoms with Crippen LogP contribution in [-0.2, 0) is 9.53 Å². The molecule has 0 radical (unpaired) electrons. The van der Waals surface area contributed by atoms with Gasteiger partial charge in [-0.25, -0.2) is 0 Å². The fraction of sp³-hybridized carbons (Fsp3) is 0.625. The Morgan fingerprint density at radius 1 is 1.75 bits per heavy atom. The van der Waals surface area contributed by atoms with Crippen molar-refractivity contribution >= 4 is 17.6 Å². The van der Waals surface area contributed by atoms with Crippen molar-refractivity contribution in [3.05, 3.63) is 11.6 Å². The average molecular weight is 192 g/mol. The Hall–Kier alpha value is -0.540. The zero-order chi connectivity index (χ0) is 9.78. The van der Waals surface area contributed by atoms with Gasteiger partial charge >= 0.3 is 5.97 Å². The molecule has 0 aromatic rings. The highest BCUT2D eigenvalue weighted by molar-refractivity contribution is 6.29. The molecule has 0 saturated heterocycles. The molecule has 0 spiro atoms. The van der Waals surface area contributed by atoms with Crippen LogP contribution in [0.15, 0.2) is 11.6 Å². The molecule has 0 aliphatic carbocycles. The van der Waals surface area contributed by atoms with Crippen LogP contribution < -0.4 is 5.73 Å². The van der Waals surface area contributed by atoms with E-state index in [-0.39, 0.29) is 6.42 Å². The second-order valence-corrected chi connectivity index (χ2v) is 3.37. The predicted octanol–water partition coefficient (Wildman–Crippen LogP) is 1.41. The van der Waals surface area contributed by atoms with Gasteiger partial charge in [0.25, 0.3) is 0 Å². The number of ether oxygens (including phenoxy) is 1. The number of nitrogens with two attached hydrogens (primary N) is 1. The number of carbonyl (C=O) groups excluding carboxylic acids is 1. The molecular formula is C8H14ClNO2.